The molecule has 0 radical (unpaired) electrons. The number of aromatic hydroxyl groups is 1. The molecule has 0 saturated heterocycles. The summed E-state index contributed by atoms with van der Waals surface area (Å²) < 4.78 is 38.8. The number of benzene rings is 3. The fourth-order valence-corrected chi connectivity index (χ4v) is 5.44. The summed E-state index contributed by atoms with van der Waals surface area (Å²) in [5.41, 5.74) is 1.17. The van der Waals surface area contributed by atoms with Crippen molar-refractivity contribution in [3.63, 3.8) is 0 Å². The number of phenolic OH excluding ortho intramolecular Hbond substituents is 1. The summed E-state index contributed by atoms with van der Waals surface area (Å²) >= 11 is 11.8. The maximum absolute atomic E-state index is 13.2. The van der Waals surface area contributed by atoms with Crippen LogP contribution in [0.1, 0.15) is 34.1 Å². The zero-order chi connectivity index (χ0) is 29.1. The van der Waals surface area contributed by atoms with Gasteiger partial charge >= 0.3 is 5.97 Å². The number of hydrogen-bond donors (Lipinski definition) is 2. The number of amides is 1. The van der Waals surface area contributed by atoms with Gasteiger partial charge in [0.1, 0.15) is 23.1 Å². The minimum absolute atomic E-state index is 0.243. The monoisotopic (exact) mass is 613 g/mol. The van der Waals surface area contributed by atoms with E-state index in [-0.39, 0.29) is 10.6 Å². The minimum Gasteiger partial charge on any atom is -0.507 e. The number of nitrogens with one attached hydrogen (secondary N) is 1. The molecule has 2 heterocycles. The van der Waals surface area contributed by atoms with Crippen molar-refractivity contribution >= 4 is 56.5 Å². The minimum atomic E-state index is -4.13. The molecule has 1 amide bonds. The van der Waals surface area contributed by atoms with Crippen LogP contribution in [0.4, 0.5) is 5.69 Å². The number of hydrazone groups is 1. The van der Waals surface area contributed by atoms with Crippen LogP contribution in [0.2, 0.25) is 10.0 Å². The lowest BCUT2D eigenvalue weighted by atomic mass is 10.0. The third-order valence-corrected chi connectivity index (χ3v) is 8.02. The van der Waals surface area contributed by atoms with Crippen molar-refractivity contribution in [1.82, 2.24) is 5.01 Å². The van der Waals surface area contributed by atoms with Crippen molar-refractivity contribution in [2.45, 2.75) is 17.4 Å². The van der Waals surface area contributed by atoms with Crippen molar-refractivity contribution in [3.05, 3.63) is 112 Å². The molecule has 4 aromatic rings. The molecule has 0 spiro atoms. The smallest absolute Gasteiger partial charge is 0.342 e. The first-order chi connectivity index (χ1) is 19.6. The number of sulfonamides is 1. The molecule has 10 nitrogen and oxygen atoms in total. The van der Waals surface area contributed by atoms with Gasteiger partial charge in [-0.3, -0.25) is 9.52 Å². The Balaban J connectivity index is 1.31. The lowest BCUT2D eigenvalue weighted by Gasteiger charge is -2.19. The number of carbonyl (C=O) groups is 2. The van der Waals surface area contributed by atoms with E-state index in [0.29, 0.717) is 27.9 Å². The summed E-state index contributed by atoms with van der Waals surface area (Å²) in [6, 6.07) is 18.9. The van der Waals surface area contributed by atoms with Crippen molar-refractivity contribution in [2.24, 2.45) is 5.10 Å². The maximum atomic E-state index is 13.2. The van der Waals surface area contributed by atoms with E-state index in [1.165, 1.54) is 35.5 Å². The highest BCUT2D eigenvalue weighted by molar-refractivity contribution is 7.92. The number of halogens is 2. The van der Waals surface area contributed by atoms with E-state index in [2.05, 4.69) is 9.82 Å². The van der Waals surface area contributed by atoms with Crippen molar-refractivity contribution in [2.75, 3.05) is 11.3 Å². The lowest BCUT2D eigenvalue weighted by Crippen LogP contribution is -2.31. The van der Waals surface area contributed by atoms with Crippen LogP contribution in [-0.4, -0.2) is 42.7 Å². The number of nitrogens with zero attached hydrogens (tertiary/aromatic N) is 2. The number of phenols is 1. The van der Waals surface area contributed by atoms with Crippen LogP contribution in [0, 0.1) is 0 Å². The average molecular weight is 614 g/mol. The quantitative estimate of drug-likeness (QED) is 0.246. The van der Waals surface area contributed by atoms with Gasteiger partial charge in [0.05, 0.1) is 16.9 Å². The Labute approximate surface area is 244 Å². The molecular weight excluding hydrogens is 593 g/mol. The van der Waals surface area contributed by atoms with Gasteiger partial charge in [-0.05, 0) is 72.3 Å². The average Bonchev–Trinajstić information content (AvgIpc) is 3.64. The molecule has 2 N–H and O–H groups in total. The number of anilines is 1. The van der Waals surface area contributed by atoms with Crippen molar-refractivity contribution in [1.29, 1.82) is 0 Å². The van der Waals surface area contributed by atoms with Crippen LogP contribution in [0.5, 0.6) is 5.75 Å². The standard InChI is InChI=1S/C28H21Cl2N3O7S/c29-18-5-3-17(4-6-18)23-15-24(26-2-1-13-39-26)33(31-23)27(35)16-40-28(36)22-14-21(11-12-25(22)34)41(37,38)32-20-9-7-19(30)8-10-20/h1-14,24,32,34H,15-16H2. The summed E-state index contributed by atoms with van der Waals surface area (Å²) in [5.74, 6) is -1.79. The van der Waals surface area contributed by atoms with Crippen LogP contribution in [0.15, 0.2) is 99.5 Å². The normalized spacial score (nSPS) is 14.9. The zero-order valence-electron chi connectivity index (χ0n) is 21.0. The first kappa shape index (κ1) is 28.2. The Hall–Kier alpha value is -4.32. The van der Waals surface area contributed by atoms with Crippen LogP contribution < -0.4 is 4.72 Å². The van der Waals surface area contributed by atoms with Gasteiger partial charge in [-0.1, -0.05) is 35.3 Å². The number of rotatable bonds is 8. The summed E-state index contributed by atoms with van der Waals surface area (Å²) in [7, 11) is -4.13. The topological polar surface area (TPSA) is 139 Å². The Morgan fingerprint density at radius 2 is 1.71 bits per heavy atom. The molecule has 1 unspecified atom stereocenters. The lowest BCUT2D eigenvalue weighted by molar-refractivity contribution is -0.136. The number of ether oxygens (including phenoxy) is 1. The molecule has 1 aliphatic heterocycles. The molecule has 0 bridgehead atoms. The van der Waals surface area contributed by atoms with Gasteiger partial charge in [-0.25, -0.2) is 18.2 Å². The molecule has 5 rings (SSSR count). The first-order valence-corrected chi connectivity index (χ1v) is 14.3. The van der Waals surface area contributed by atoms with Crippen LogP contribution in [0.3, 0.4) is 0 Å². The largest absolute Gasteiger partial charge is 0.507 e. The molecule has 0 fully saturated rings. The Morgan fingerprint density at radius 1 is 1.02 bits per heavy atom. The van der Waals surface area contributed by atoms with E-state index in [1.807, 2.05) is 0 Å². The highest BCUT2D eigenvalue weighted by Gasteiger charge is 2.35. The Kier molecular flexibility index (Phi) is 8.02. The van der Waals surface area contributed by atoms with Gasteiger partial charge in [-0.2, -0.15) is 5.10 Å². The van der Waals surface area contributed by atoms with E-state index >= 15 is 0 Å². The number of carbonyl (C=O) groups excluding carboxylic acids is 2. The summed E-state index contributed by atoms with van der Waals surface area (Å²) in [5, 5.41) is 16.8. The fraction of sp³-hybridized carbons (Fsp3) is 0.107. The van der Waals surface area contributed by atoms with E-state index < -0.39 is 45.9 Å². The van der Waals surface area contributed by atoms with Gasteiger partial charge in [0.15, 0.2) is 6.61 Å². The molecular formula is C28H21Cl2N3O7S. The van der Waals surface area contributed by atoms with Gasteiger partial charge in [0.2, 0.25) is 0 Å². The summed E-state index contributed by atoms with van der Waals surface area (Å²) in [6.45, 7) is -0.729. The van der Waals surface area contributed by atoms with Gasteiger partial charge < -0.3 is 14.3 Å². The van der Waals surface area contributed by atoms with E-state index in [1.54, 1.807) is 36.4 Å². The highest BCUT2D eigenvalue weighted by atomic mass is 35.5. The van der Waals surface area contributed by atoms with Crippen molar-refractivity contribution in [3.8, 4) is 5.75 Å². The van der Waals surface area contributed by atoms with Gasteiger partial charge in [0, 0.05) is 22.2 Å². The molecule has 0 saturated carbocycles. The number of hydrogen-bond acceptors (Lipinski definition) is 8. The van der Waals surface area contributed by atoms with Crippen LogP contribution in [-0.2, 0) is 19.6 Å². The fourth-order valence-electron chi connectivity index (χ4n) is 4.11. The Bertz CT molecular complexity index is 1720. The van der Waals surface area contributed by atoms with Gasteiger partial charge in [-0.15, -0.1) is 0 Å². The third-order valence-electron chi connectivity index (χ3n) is 6.14. The molecule has 1 aliphatic rings. The highest BCUT2D eigenvalue weighted by Crippen LogP contribution is 2.33. The SMILES string of the molecule is O=C(OCC(=O)N1N=C(c2ccc(Cl)cc2)CC1c1ccco1)c1cc(S(=O)(=O)Nc2ccc(Cl)cc2)ccc1O. The molecule has 13 heteroatoms. The third kappa shape index (κ3) is 6.37. The second-order valence-corrected chi connectivity index (χ2v) is 11.4. The predicted octanol–water partition coefficient (Wildman–Crippen LogP) is 5.63. The molecule has 3 aromatic carbocycles. The predicted molar refractivity (Wildman–Crippen MR) is 152 cm³/mol. The maximum Gasteiger partial charge on any atom is 0.342 e. The molecule has 1 aromatic heterocycles. The zero-order valence-corrected chi connectivity index (χ0v) is 23.4. The van der Waals surface area contributed by atoms with Crippen LogP contribution >= 0.6 is 23.2 Å². The molecule has 1 atom stereocenters. The first-order valence-electron chi connectivity index (χ1n) is 12.1. The van der Waals surface area contributed by atoms with E-state index in [4.69, 9.17) is 32.4 Å². The summed E-state index contributed by atoms with van der Waals surface area (Å²) in [4.78, 5) is 25.7. The Morgan fingerprint density at radius 3 is 2.37 bits per heavy atom. The number of furan rings is 1. The summed E-state index contributed by atoms with van der Waals surface area (Å²) in [6.07, 6.45) is 1.82. The second-order valence-electron chi connectivity index (χ2n) is 8.89. The van der Waals surface area contributed by atoms with E-state index in [9.17, 15) is 23.1 Å². The molecule has 41 heavy (non-hydrogen) atoms. The molecule has 0 aliphatic carbocycles. The van der Waals surface area contributed by atoms with Crippen LogP contribution in [0.25, 0.3) is 0 Å². The van der Waals surface area contributed by atoms with Crippen molar-refractivity contribution < 1.29 is 32.3 Å². The van der Waals surface area contributed by atoms with E-state index in [0.717, 1.165) is 23.8 Å². The number of esters is 1. The molecule has 210 valence electrons. The van der Waals surface area contributed by atoms with Gasteiger partial charge in [0.25, 0.3) is 15.9 Å². The second kappa shape index (κ2) is 11.7.